The number of carbonyl (C=O) groups excluding carboxylic acids is 2. The first-order valence-corrected chi connectivity index (χ1v) is 13.4. The fraction of sp³-hybridized carbons (Fsp3) is 0.452. The SMILES string of the molecule is CCCCCc1ccc(C(=O)N(CC(=O)Nc2cc(C(C)(C)C)nn2-c2ccccc2C)C(C)C)cc1. The van der Waals surface area contributed by atoms with E-state index in [1.165, 1.54) is 18.4 Å². The van der Waals surface area contributed by atoms with Crippen LogP contribution < -0.4 is 5.32 Å². The molecule has 0 atom stereocenters. The molecule has 0 spiro atoms. The van der Waals surface area contributed by atoms with Crippen LogP contribution in [0, 0.1) is 6.92 Å². The third kappa shape index (κ3) is 7.31. The lowest BCUT2D eigenvalue weighted by molar-refractivity contribution is -0.117. The number of benzene rings is 2. The Hall–Kier alpha value is -3.41. The molecule has 0 aliphatic heterocycles. The molecule has 3 aromatic rings. The van der Waals surface area contributed by atoms with Crippen LogP contribution >= 0.6 is 0 Å². The largest absolute Gasteiger partial charge is 0.327 e. The fourth-order valence-electron chi connectivity index (χ4n) is 4.21. The molecule has 1 heterocycles. The van der Waals surface area contributed by atoms with E-state index in [-0.39, 0.29) is 29.8 Å². The van der Waals surface area contributed by atoms with Gasteiger partial charge < -0.3 is 10.2 Å². The molecular weight excluding hydrogens is 460 g/mol. The standard InChI is InChI=1S/C31H42N4O2/c1-8-9-10-14-24-16-18-25(19-17-24)30(37)34(22(2)3)21-29(36)32-28-20-27(31(5,6)7)33-35(28)26-15-12-11-13-23(26)4/h11-13,15-20,22H,8-10,14,21H2,1-7H3,(H,32,36). The van der Waals surface area contributed by atoms with Crippen molar-refractivity contribution in [3.63, 3.8) is 0 Å². The van der Waals surface area contributed by atoms with E-state index in [1.54, 1.807) is 9.58 Å². The van der Waals surface area contributed by atoms with E-state index < -0.39 is 0 Å². The number of anilines is 1. The Bertz CT molecular complexity index is 1200. The van der Waals surface area contributed by atoms with Crippen molar-refractivity contribution in [2.24, 2.45) is 0 Å². The summed E-state index contributed by atoms with van der Waals surface area (Å²) in [5, 5.41) is 7.84. The lowest BCUT2D eigenvalue weighted by atomic mass is 9.92. The van der Waals surface area contributed by atoms with Crippen LogP contribution in [-0.2, 0) is 16.6 Å². The van der Waals surface area contributed by atoms with Crippen molar-refractivity contribution in [2.75, 3.05) is 11.9 Å². The number of para-hydroxylation sites is 1. The van der Waals surface area contributed by atoms with E-state index in [0.717, 1.165) is 29.8 Å². The highest BCUT2D eigenvalue weighted by molar-refractivity contribution is 5.99. The maximum Gasteiger partial charge on any atom is 0.254 e. The number of nitrogens with zero attached hydrogens (tertiary/aromatic N) is 3. The lowest BCUT2D eigenvalue weighted by Gasteiger charge is -2.26. The number of carbonyl (C=O) groups is 2. The average molecular weight is 503 g/mol. The minimum Gasteiger partial charge on any atom is -0.327 e. The van der Waals surface area contributed by atoms with Gasteiger partial charge in [-0.15, -0.1) is 0 Å². The summed E-state index contributed by atoms with van der Waals surface area (Å²) in [5.41, 5.74) is 4.49. The Morgan fingerprint density at radius 2 is 1.70 bits per heavy atom. The highest BCUT2D eigenvalue weighted by Gasteiger charge is 2.25. The molecular formula is C31H42N4O2. The number of hydrogen-bond donors (Lipinski definition) is 1. The van der Waals surface area contributed by atoms with E-state index in [9.17, 15) is 9.59 Å². The van der Waals surface area contributed by atoms with Gasteiger partial charge in [-0.3, -0.25) is 9.59 Å². The zero-order chi connectivity index (χ0) is 27.2. The molecule has 0 saturated heterocycles. The van der Waals surface area contributed by atoms with Crippen LogP contribution in [0.3, 0.4) is 0 Å². The Morgan fingerprint density at radius 3 is 2.30 bits per heavy atom. The van der Waals surface area contributed by atoms with Crippen LogP contribution in [0.4, 0.5) is 5.82 Å². The predicted molar refractivity (Wildman–Crippen MR) is 151 cm³/mol. The maximum absolute atomic E-state index is 13.3. The maximum atomic E-state index is 13.3. The van der Waals surface area contributed by atoms with Crippen molar-refractivity contribution >= 4 is 17.6 Å². The van der Waals surface area contributed by atoms with Crippen molar-refractivity contribution in [3.05, 3.63) is 77.0 Å². The zero-order valence-electron chi connectivity index (χ0n) is 23.5. The summed E-state index contributed by atoms with van der Waals surface area (Å²) < 4.78 is 1.78. The number of aromatic nitrogens is 2. The van der Waals surface area contributed by atoms with Crippen molar-refractivity contribution < 1.29 is 9.59 Å². The molecule has 0 fully saturated rings. The number of rotatable bonds is 10. The summed E-state index contributed by atoms with van der Waals surface area (Å²) in [7, 11) is 0. The second kappa shape index (κ2) is 12.2. The first-order valence-electron chi connectivity index (χ1n) is 13.4. The predicted octanol–water partition coefficient (Wildman–Crippen LogP) is 6.70. The molecule has 0 aliphatic rings. The third-order valence-electron chi connectivity index (χ3n) is 6.56. The third-order valence-corrected chi connectivity index (χ3v) is 6.56. The van der Waals surface area contributed by atoms with E-state index >= 15 is 0 Å². The summed E-state index contributed by atoms with van der Waals surface area (Å²) in [6.45, 7) is 14.3. The van der Waals surface area contributed by atoms with Gasteiger partial charge in [0.05, 0.1) is 11.4 Å². The van der Waals surface area contributed by atoms with Crippen molar-refractivity contribution in [1.29, 1.82) is 0 Å². The van der Waals surface area contributed by atoms with Gasteiger partial charge in [0.15, 0.2) is 0 Å². The number of amides is 2. The Morgan fingerprint density at radius 1 is 1.03 bits per heavy atom. The van der Waals surface area contributed by atoms with Crippen molar-refractivity contribution in [1.82, 2.24) is 14.7 Å². The lowest BCUT2D eigenvalue weighted by Crippen LogP contribution is -2.42. The first kappa shape index (κ1) is 28.2. The van der Waals surface area contributed by atoms with Crippen molar-refractivity contribution in [2.45, 2.75) is 85.6 Å². The zero-order valence-corrected chi connectivity index (χ0v) is 23.5. The van der Waals surface area contributed by atoms with Gasteiger partial charge in [0, 0.05) is 23.1 Å². The van der Waals surface area contributed by atoms with E-state index in [0.29, 0.717) is 11.4 Å². The molecule has 198 valence electrons. The molecule has 2 amide bonds. The van der Waals surface area contributed by atoms with E-state index in [4.69, 9.17) is 5.10 Å². The fourth-order valence-corrected chi connectivity index (χ4v) is 4.21. The van der Waals surface area contributed by atoms with Gasteiger partial charge in [-0.1, -0.05) is 70.9 Å². The molecule has 3 rings (SSSR count). The van der Waals surface area contributed by atoms with Gasteiger partial charge in [0.1, 0.15) is 12.4 Å². The first-order chi connectivity index (χ1) is 17.5. The summed E-state index contributed by atoms with van der Waals surface area (Å²) in [6, 6.07) is 17.5. The van der Waals surface area contributed by atoms with Gasteiger partial charge in [0.25, 0.3) is 5.91 Å². The van der Waals surface area contributed by atoms with Crippen molar-refractivity contribution in [3.8, 4) is 5.69 Å². The number of unbranched alkanes of at least 4 members (excludes halogenated alkanes) is 2. The monoisotopic (exact) mass is 502 g/mol. The summed E-state index contributed by atoms with van der Waals surface area (Å²) >= 11 is 0. The molecule has 2 aromatic carbocycles. The number of hydrogen-bond acceptors (Lipinski definition) is 3. The second-order valence-corrected chi connectivity index (χ2v) is 11.1. The highest BCUT2D eigenvalue weighted by atomic mass is 16.2. The van der Waals surface area contributed by atoms with Crippen LogP contribution in [0.25, 0.3) is 5.69 Å². The van der Waals surface area contributed by atoms with Crippen LogP contribution in [0.1, 0.15) is 88.0 Å². The molecule has 1 aromatic heterocycles. The van der Waals surface area contributed by atoms with Gasteiger partial charge >= 0.3 is 0 Å². The topological polar surface area (TPSA) is 67.2 Å². The van der Waals surface area contributed by atoms with E-state index in [2.05, 4.69) is 33.0 Å². The van der Waals surface area contributed by atoms with Crippen LogP contribution in [0.15, 0.2) is 54.6 Å². The van der Waals surface area contributed by atoms with Gasteiger partial charge in [-0.05, 0) is 62.9 Å². The normalized spacial score (nSPS) is 11.6. The quantitative estimate of drug-likeness (QED) is 0.314. The number of aryl methyl sites for hydroxylation is 2. The van der Waals surface area contributed by atoms with Crippen LogP contribution in [0.5, 0.6) is 0 Å². The molecule has 0 bridgehead atoms. The summed E-state index contributed by atoms with van der Waals surface area (Å²) in [4.78, 5) is 28.2. The van der Waals surface area contributed by atoms with Gasteiger partial charge in [-0.2, -0.15) is 5.10 Å². The number of nitrogens with one attached hydrogen (secondary N) is 1. The Balaban J connectivity index is 1.79. The van der Waals surface area contributed by atoms with Gasteiger partial charge in [-0.25, -0.2) is 4.68 Å². The van der Waals surface area contributed by atoms with Crippen LogP contribution in [0.2, 0.25) is 0 Å². The smallest absolute Gasteiger partial charge is 0.254 e. The molecule has 0 saturated carbocycles. The van der Waals surface area contributed by atoms with E-state index in [1.807, 2.05) is 75.4 Å². The second-order valence-electron chi connectivity index (χ2n) is 11.1. The molecule has 1 N–H and O–H groups in total. The molecule has 37 heavy (non-hydrogen) atoms. The summed E-state index contributed by atoms with van der Waals surface area (Å²) in [5.74, 6) is 0.193. The Labute approximate surface area is 222 Å². The molecule has 6 heteroatoms. The minimum atomic E-state index is -0.256. The Kier molecular flexibility index (Phi) is 9.30. The summed E-state index contributed by atoms with van der Waals surface area (Å²) in [6.07, 6.45) is 4.56. The molecule has 6 nitrogen and oxygen atoms in total. The average Bonchev–Trinajstić information content (AvgIpc) is 3.27. The van der Waals surface area contributed by atoms with Crippen LogP contribution in [-0.4, -0.2) is 39.1 Å². The molecule has 0 aliphatic carbocycles. The van der Waals surface area contributed by atoms with Gasteiger partial charge in [0.2, 0.25) is 5.91 Å². The molecule has 0 unspecified atom stereocenters. The highest BCUT2D eigenvalue weighted by Crippen LogP contribution is 2.27. The molecule has 0 radical (unpaired) electrons. The minimum absolute atomic E-state index is 0.0431.